The van der Waals surface area contributed by atoms with Crippen molar-refractivity contribution < 1.29 is 13.2 Å². The van der Waals surface area contributed by atoms with Crippen LogP contribution in [-0.4, -0.2) is 10.7 Å². The van der Waals surface area contributed by atoms with E-state index in [9.17, 15) is 8.78 Å². The number of oxazole rings is 1. The molecule has 0 aliphatic carbocycles. The third-order valence-electron chi connectivity index (χ3n) is 2.15. The Kier molecular flexibility index (Phi) is 3.75. The van der Waals surface area contributed by atoms with Gasteiger partial charge < -0.3 is 10.2 Å². The van der Waals surface area contributed by atoms with Crippen LogP contribution in [0.5, 0.6) is 0 Å². The lowest BCUT2D eigenvalue weighted by Gasteiger charge is -2.11. The number of rotatable bonds is 4. The highest BCUT2D eigenvalue weighted by Crippen LogP contribution is 2.24. The number of benzene rings is 1. The van der Waals surface area contributed by atoms with Crippen molar-refractivity contribution in [1.82, 2.24) is 4.98 Å². The standard InChI is InChI=1S/C11H10F2N2OS/c12-7-1-2-9(13)8(5-7)10(14)6-17-11-15-3-4-16-11/h1-5,10H,6,14H2. The molecule has 90 valence electrons. The average molecular weight is 256 g/mol. The Balaban J connectivity index is 2.04. The summed E-state index contributed by atoms with van der Waals surface area (Å²) in [6.45, 7) is 0. The maximum Gasteiger partial charge on any atom is 0.255 e. The van der Waals surface area contributed by atoms with Crippen molar-refractivity contribution in [3.8, 4) is 0 Å². The zero-order valence-electron chi connectivity index (χ0n) is 8.77. The van der Waals surface area contributed by atoms with Crippen LogP contribution in [-0.2, 0) is 0 Å². The number of hydrogen-bond acceptors (Lipinski definition) is 4. The van der Waals surface area contributed by atoms with E-state index in [0.29, 0.717) is 11.0 Å². The van der Waals surface area contributed by atoms with Crippen molar-refractivity contribution in [2.75, 3.05) is 5.75 Å². The van der Waals surface area contributed by atoms with Crippen molar-refractivity contribution in [1.29, 1.82) is 0 Å². The molecule has 0 spiro atoms. The number of nitrogens with two attached hydrogens (primary N) is 1. The second-order valence-electron chi connectivity index (χ2n) is 3.38. The molecule has 2 N–H and O–H groups in total. The summed E-state index contributed by atoms with van der Waals surface area (Å²) in [5.41, 5.74) is 5.94. The van der Waals surface area contributed by atoms with Gasteiger partial charge in [0.15, 0.2) is 0 Å². The lowest BCUT2D eigenvalue weighted by Crippen LogP contribution is -2.15. The summed E-state index contributed by atoms with van der Waals surface area (Å²) in [6.07, 6.45) is 2.95. The van der Waals surface area contributed by atoms with E-state index in [-0.39, 0.29) is 5.56 Å². The fourth-order valence-electron chi connectivity index (χ4n) is 1.33. The van der Waals surface area contributed by atoms with Gasteiger partial charge in [-0.05, 0) is 18.2 Å². The van der Waals surface area contributed by atoms with Crippen LogP contribution >= 0.6 is 11.8 Å². The first-order chi connectivity index (χ1) is 8.16. The summed E-state index contributed by atoms with van der Waals surface area (Å²) >= 11 is 1.25. The van der Waals surface area contributed by atoms with E-state index in [4.69, 9.17) is 10.2 Å². The van der Waals surface area contributed by atoms with E-state index in [2.05, 4.69) is 4.98 Å². The molecule has 1 unspecified atom stereocenters. The first kappa shape index (κ1) is 12.1. The number of halogens is 2. The average Bonchev–Trinajstić information content (AvgIpc) is 2.82. The maximum atomic E-state index is 13.4. The lowest BCUT2D eigenvalue weighted by atomic mass is 10.1. The zero-order chi connectivity index (χ0) is 12.3. The smallest absolute Gasteiger partial charge is 0.255 e. The molecule has 1 atom stereocenters. The van der Waals surface area contributed by atoms with Crippen LogP contribution in [0.4, 0.5) is 8.78 Å². The molecule has 0 bridgehead atoms. The highest BCUT2D eigenvalue weighted by molar-refractivity contribution is 7.99. The SMILES string of the molecule is NC(CSc1ncco1)c1cc(F)ccc1F. The normalized spacial score (nSPS) is 12.6. The molecule has 17 heavy (non-hydrogen) atoms. The van der Waals surface area contributed by atoms with Gasteiger partial charge in [-0.2, -0.15) is 0 Å². The van der Waals surface area contributed by atoms with Gasteiger partial charge in [-0.25, -0.2) is 13.8 Å². The monoisotopic (exact) mass is 256 g/mol. The molecule has 0 amide bonds. The van der Waals surface area contributed by atoms with Gasteiger partial charge in [-0.1, -0.05) is 11.8 Å². The minimum atomic E-state index is -0.609. The van der Waals surface area contributed by atoms with E-state index in [1.807, 2.05) is 0 Å². The largest absolute Gasteiger partial charge is 0.440 e. The van der Waals surface area contributed by atoms with Crippen LogP contribution in [0.2, 0.25) is 0 Å². The van der Waals surface area contributed by atoms with E-state index in [0.717, 1.165) is 18.2 Å². The summed E-state index contributed by atoms with van der Waals surface area (Å²) in [5.74, 6) is -0.647. The van der Waals surface area contributed by atoms with Crippen LogP contribution in [0.3, 0.4) is 0 Å². The summed E-state index contributed by atoms with van der Waals surface area (Å²) < 4.78 is 31.4. The topological polar surface area (TPSA) is 52.0 Å². The highest BCUT2D eigenvalue weighted by atomic mass is 32.2. The summed E-state index contributed by atoms with van der Waals surface area (Å²) in [5, 5.41) is 0.456. The van der Waals surface area contributed by atoms with Crippen LogP contribution in [0.25, 0.3) is 0 Å². The predicted molar refractivity (Wildman–Crippen MR) is 60.5 cm³/mol. The van der Waals surface area contributed by atoms with Crippen molar-refractivity contribution in [2.24, 2.45) is 5.73 Å². The summed E-state index contributed by atoms with van der Waals surface area (Å²) in [4.78, 5) is 3.89. The van der Waals surface area contributed by atoms with Crippen LogP contribution in [0, 0.1) is 11.6 Å². The Morgan fingerprint density at radius 3 is 2.94 bits per heavy atom. The van der Waals surface area contributed by atoms with Crippen LogP contribution in [0.15, 0.2) is 40.3 Å². The molecule has 2 rings (SSSR count). The Morgan fingerprint density at radius 1 is 1.41 bits per heavy atom. The van der Waals surface area contributed by atoms with Gasteiger partial charge in [0.25, 0.3) is 5.22 Å². The van der Waals surface area contributed by atoms with Crippen molar-refractivity contribution in [3.63, 3.8) is 0 Å². The summed E-state index contributed by atoms with van der Waals surface area (Å²) in [6, 6.07) is 2.63. The number of nitrogens with zero attached hydrogens (tertiary/aromatic N) is 1. The predicted octanol–water partition coefficient (Wildman–Crippen LogP) is 2.74. The third kappa shape index (κ3) is 3.04. The third-order valence-corrected chi connectivity index (χ3v) is 3.13. The van der Waals surface area contributed by atoms with Crippen molar-refractivity contribution in [3.05, 3.63) is 47.9 Å². The van der Waals surface area contributed by atoms with Gasteiger partial charge in [-0.15, -0.1) is 0 Å². The minimum Gasteiger partial charge on any atom is -0.440 e. The molecule has 0 aliphatic rings. The molecule has 0 aliphatic heterocycles. The number of thioether (sulfide) groups is 1. The first-order valence-corrected chi connectivity index (χ1v) is 5.88. The number of hydrogen-bond donors (Lipinski definition) is 1. The molecule has 0 saturated heterocycles. The zero-order valence-corrected chi connectivity index (χ0v) is 9.58. The van der Waals surface area contributed by atoms with Crippen LogP contribution < -0.4 is 5.73 Å². The van der Waals surface area contributed by atoms with Crippen molar-refractivity contribution >= 4 is 11.8 Å². The molecule has 1 aromatic carbocycles. The Bertz CT molecular complexity index is 490. The molecule has 0 radical (unpaired) electrons. The minimum absolute atomic E-state index is 0.157. The second-order valence-corrected chi connectivity index (χ2v) is 4.35. The molecule has 2 aromatic rings. The Hall–Kier alpha value is -1.40. The van der Waals surface area contributed by atoms with Gasteiger partial charge >= 0.3 is 0 Å². The second kappa shape index (κ2) is 5.29. The van der Waals surface area contributed by atoms with Crippen LogP contribution in [0.1, 0.15) is 11.6 Å². The van der Waals surface area contributed by atoms with Gasteiger partial charge in [0.1, 0.15) is 17.9 Å². The van der Waals surface area contributed by atoms with E-state index >= 15 is 0 Å². The van der Waals surface area contributed by atoms with E-state index < -0.39 is 17.7 Å². The highest BCUT2D eigenvalue weighted by Gasteiger charge is 2.13. The fourth-order valence-corrected chi connectivity index (χ4v) is 2.09. The van der Waals surface area contributed by atoms with E-state index in [1.165, 1.54) is 24.2 Å². The van der Waals surface area contributed by atoms with Gasteiger partial charge in [-0.3, -0.25) is 0 Å². The summed E-state index contributed by atoms with van der Waals surface area (Å²) in [7, 11) is 0. The van der Waals surface area contributed by atoms with Gasteiger partial charge in [0.05, 0.1) is 6.20 Å². The fraction of sp³-hybridized carbons (Fsp3) is 0.182. The molecule has 3 nitrogen and oxygen atoms in total. The molecule has 0 fully saturated rings. The Morgan fingerprint density at radius 2 is 2.24 bits per heavy atom. The lowest BCUT2D eigenvalue weighted by molar-refractivity contribution is 0.453. The molecule has 0 saturated carbocycles. The quantitative estimate of drug-likeness (QED) is 0.854. The van der Waals surface area contributed by atoms with E-state index in [1.54, 1.807) is 0 Å². The first-order valence-electron chi connectivity index (χ1n) is 4.89. The Labute approximate surface area is 101 Å². The molecular weight excluding hydrogens is 246 g/mol. The molecule has 1 aromatic heterocycles. The molecule has 1 heterocycles. The number of aromatic nitrogens is 1. The van der Waals surface area contributed by atoms with Gasteiger partial charge in [0.2, 0.25) is 0 Å². The maximum absolute atomic E-state index is 13.4. The molecule has 6 heteroatoms. The van der Waals surface area contributed by atoms with Gasteiger partial charge in [0, 0.05) is 17.4 Å². The molecular formula is C11H10F2N2OS. The van der Waals surface area contributed by atoms with Crippen molar-refractivity contribution in [2.45, 2.75) is 11.3 Å².